The number of nitrogens with zero attached hydrogens (tertiary/aromatic N) is 1. The minimum absolute atomic E-state index is 0. The van der Waals surface area contributed by atoms with Crippen LogP contribution in [-0.2, 0) is 0 Å². The van der Waals surface area contributed by atoms with Crippen molar-refractivity contribution in [3.8, 4) is 0 Å². The van der Waals surface area contributed by atoms with Crippen LogP contribution in [0.5, 0.6) is 0 Å². The summed E-state index contributed by atoms with van der Waals surface area (Å²) in [6, 6.07) is 0. The van der Waals surface area contributed by atoms with Crippen LogP contribution in [0.3, 0.4) is 0 Å². The molecule has 0 atom stereocenters. The van der Waals surface area contributed by atoms with Gasteiger partial charge in [-0.05, 0) is 0 Å². The molecule has 0 aromatic rings. The first-order chi connectivity index (χ1) is 1.41. The quantitative estimate of drug-likeness (QED) is 0.180. The molecule has 0 rings (SSSR count). The van der Waals surface area contributed by atoms with Crippen LogP contribution < -0.4 is 29.6 Å². The van der Waals surface area contributed by atoms with Crippen molar-refractivity contribution >= 4 is 29.6 Å². The molecule has 0 N–H and O–H groups in total. The Kier molecular flexibility index (Phi) is 58.6. The van der Waals surface area contributed by atoms with Crippen molar-refractivity contribution in [2.24, 2.45) is 5.34 Å². The fourth-order valence-corrected chi connectivity index (χ4v) is 0. The van der Waals surface area contributed by atoms with Crippen LogP contribution in [0.25, 0.3) is 0 Å². The SMILES string of the molecule is O=N[O-].[Na+].[Na]. The van der Waals surface area contributed by atoms with Gasteiger partial charge in [-0.1, -0.05) is 0 Å². The third-order valence-electron chi connectivity index (χ3n) is 0. The van der Waals surface area contributed by atoms with Crippen LogP contribution in [0.4, 0.5) is 0 Å². The van der Waals surface area contributed by atoms with Gasteiger partial charge >= 0.3 is 29.6 Å². The van der Waals surface area contributed by atoms with E-state index >= 15 is 0 Å². The van der Waals surface area contributed by atoms with E-state index in [2.05, 4.69) is 0 Å². The van der Waals surface area contributed by atoms with Crippen molar-refractivity contribution < 1.29 is 29.6 Å². The monoisotopic (exact) mass is 92.0 g/mol. The van der Waals surface area contributed by atoms with Gasteiger partial charge in [-0.2, -0.15) is 0 Å². The minimum Gasteiger partial charge on any atom is -0.444 e. The molecule has 0 saturated carbocycles. The zero-order valence-electron chi connectivity index (χ0n) is 3.26. The molecular formula is NNa2O2. The number of hydrogen-bond acceptors (Lipinski definition) is 3. The normalized spacial score (nSPS) is 2.40. The maximum Gasteiger partial charge on any atom is 1.00 e. The largest absolute Gasteiger partial charge is 1.00 e. The average molecular weight is 92.0 g/mol. The summed E-state index contributed by atoms with van der Waals surface area (Å²) in [5, 5.41) is 9.00. The van der Waals surface area contributed by atoms with Gasteiger partial charge in [-0.25, -0.2) is 0 Å². The second-order valence-electron chi connectivity index (χ2n) is 0.0745. The molecule has 0 unspecified atom stereocenters. The van der Waals surface area contributed by atoms with Gasteiger partial charge in [0.2, 0.25) is 0 Å². The first kappa shape index (κ1) is 16.1. The van der Waals surface area contributed by atoms with E-state index in [-0.39, 0.29) is 59.1 Å². The van der Waals surface area contributed by atoms with E-state index in [1.165, 1.54) is 0 Å². The van der Waals surface area contributed by atoms with Crippen LogP contribution >= 0.6 is 0 Å². The van der Waals surface area contributed by atoms with E-state index in [0.717, 1.165) is 5.34 Å². The summed E-state index contributed by atoms with van der Waals surface area (Å²) in [4.78, 5) is 8.00. The standard InChI is InChI=1S/HNO2.2Na/c2-1-3;;/h(H,2,3);;/q;;+1/p-1. The molecule has 5 heteroatoms. The summed E-state index contributed by atoms with van der Waals surface area (Å²) in [5.74, 6) is 0. The molecule has 0 saturated heterocycles. The zero-order chi connectivity index (χ0) is 2.71. The summed E-state index contributed by atoms with van der Waals surface area (Å²) in [6.07, 6.45) is 0. The third-order valence-corrected chi connectivity index (χ3v) is 0. The molecule has 0 spiro atoms. The molecule has 19 valence electrons. The van der Waals surface area contributed by atoms with Gasteiger partial charge < -0.3 is 10.1 Å². The Labute approximate surface area is 73.6 Å². The molecule has 5 heavy (non-hydrogen) atoms. The Bertz CT molecular complexity index is 15.1. The van der Waals surface area contributed by atoms with Crippen molar-refractivity contribution in [1.82, 2.24) is 0 Å². The van der Waals surface area contributed by atoms with Gasteiger partial charge in [0.25, 0.3) is 0 Å². The predicted molar refractivity (Wildman–Crippen MR) is 14.9 cm³/mol. The molecule has 0 aliphatic heterocycles. The van der Waals surface area contributed by atoms with E-state index in [1.807, 2.05) is 0 Å². The zero-order valence-corrected chi connectivity index (χ0v) is 7.26. The van der Waals surface area contributed by atoms with Crippen molar-refractivity contribution in [3.05, 3.63) is 10.1 Å². The Morgan fingerprint density at radius 2 is 1.60 bits per heavy atom. The molecule has 0 aromatic heterocycles. The second-order valence-corrected chi connectivity index (χ2v) is 0.0745. The summed E-state index contributed by atoms with van der Waals surface area (Å²) in [7, 11) is 0. The minimum atomic E-state index is 0. The van der Waals surface area contributed by atoms with E-state index < -0.39 is 0 Å². The maximum absolute atomic E-state index is 8.00. The van der Waals surface area contributed by atoms with Crippen molar-refractivity contribution in [3.63, 3.8) is 0 Å². The van der Waals surface area contributed by atoms with Gasteiger partial charge in [-0.3, -0.25) is 0 Å². The Hall–Kier alpha value is 1.40. The molecule has 3 nitrogen and oxygen atoms in total. The molecule has 1 radical (unpaired) electrons. The smallest absolute Gasteiger partial charge is 0.444 e. The Morgan fingerprint density at radius 1 is 1.60 bits per heavy atom. The Balaban J connectivity index is -0.0000000200. The van der Waals surface area contributed by atoms with Gasteiger partial charge in [-0.15, -0.1) is 5.34 Å². The summed E-state index contributed by atoms with van der Waals surface area (Å²) < 4.78 is 0. The van der Waals surface area contributed by atoms with E-state index in [1.54, 1.807) is 0 Å². The fraction of sp³-hybridized carbons (Fsp3) is 0. The summed E-state index contributed by atoms with van der Waals surface area (Å²) in [5.41, 5.74) is 0. The summed E-state index contributed by atoms with van der Waals surface area (Å²) >= 11 is 0. The first-order valence-corrected chi connectivity index (χ1v) is 0.365. The molecule has 0 amide bonds. The average Bonchev–Trinajstić information content (AvgIpc) is 0.918. The van der Waals surface area contributed by atoms with Gasteiger partial charge in [0.1, 0.15) is 0 Å². The van der Waals surface area contributed by atoms with Crippen LogP contribution in [0.1, 0.15) is 0 Å². The van der Waals surface area contributed by atoms with E-state index in [4.69, 9.17) is 10.1 Å². The van der Waals surface area contributed by atoms with E-state index in [0.29, 0.717) is 0 Å². The second kappa shape index (κ2) is 18.2. The number of rotatable bonds is 0. The molecule has 0 aliphatic carbocycles. The van der Waals surface area contributed by atoms with Crippen molar-refractivity contribution in [1.29, 1.82) is 0 Å². The molecule has 0 bridgehead atoms. The summed E-state index contributed by atoms with van der Waals surface area (Å²) in [6.45, 7) is 0. The first-order valence-electron chi connectivity index (χ1n) is 0.365. The predicted octanol–water partition coefficient (Wildman–Crippen LogP) is -3.13. The van der Waals surface area contributed by atoms with Crippen LogP contribution in [0, 0.1) is 10.1 Å². The van der Waals surface area contributed by atoms with Gasteiger partial charge in [0, 0.05) is 29.6 Å². The van der Waals surface area contributed by atoms with Crippen LogP contribution in [0.2, 0.25) is 0 Å². The van der Waals surface area contributed by atoms with Crippen LogP contribution in [-0.4, -0.2) is 29.6 Å². The van der Waals surface area contributed by atoms with Gasteiger partial charge in [0.05, 0.1) is 0 Å². The van der Waals surface area contributed by atoms with Gasteiger partial charge in [0.15, 0.2) is 0 Å². The number of hydrogen-bond donors (Lipinski definition) is 0. The fourth-order valence-electron chi connectivity index (χ4n) is 0. The molecule has 0 aromatic carbocycles. The maximum atomic E-state index is 8.00. The van der Waals surface area contributed by atoms with Crippen molar-refractivity contribution in [2.75, 3.05) is 0 Å². The Morgan fingerprint density at radius 3 is 1.60 bits per heavy atom. The van der Waals surface area contributed by atoms with E-state index in [9.17, 15) is 0 Å². The molecule has 0 fully saturated rings. The molecule has 0 aliphatic rings. The molecular weight excluding hydrogens is 92.0 g/mol. The van der Waals surface area contributed by atoms with Crippen LogP contribution in [0.15, 0.2) is 5.34 Å². The topological polar surface area (TPSA) is 52.5 Å². The van der Waals surface area contributed by atoms with Crippen molar-refractivity contribution in [2.45, 2.75) is 0 Å². The third kappa shape index (κ3) is 31.8. The molecule has 0 heterocycles.